The van der Waals surface area contributed by atoms with Gasteiger partial charge in [-0.3, -0.25) is 9.69 Å². The van der Waals surface area contributed by atoms with Gasteiger partial charge in [0.05, 0.1) is 28.8 Å². The maximum atomic E-state index is 12.5. The summed E-state index contributed by atoms with van der Waals surface area (Å²) in [7, 11) is 0. The molecule has 134 valence electrons. The van der Waals surface area contributed by atoms with E-state index in [0.29, 0.717) is 34.1 Å². The Morgan fingerprint density at radius 1 is 1.25 bits per heavy atom. The van der Waals surface area contributed by atoms with Gasteiger partial charge in [-0.2, -0.15) is 0 Å². The summed E-state index contributed by atoms with van der Waals surface area (Å²) in [6.07, 6.45) is 2.18. The smallest absolute Gasteiger partial charge is 0.252 e. The fourth-order valence-corrected chi connectivity index (χ4v) is 3.69. The molecule has 0 bridgehead atoms. The number of hydrogen-bond acceptors (Lipinski definition) is 3. The summed E-state index contributed by atoms with van der Waals surface area (Å²) in [4.78, 5) is 14.9. The van der Waals surface area contributed by atoms with Crippen LogP contribution in [0.15, 0.2) is 18.2 Å². The minimum absolute atomic E-state index is 0.174. The summed E-state index contributed by atoms with van der Waals surface area (Å²) >= 11 is 12.2. The largest absolute Gasteiger partial charge is 0.379 e. The molecular formula is C18H26Cl2N2O2. The number of carbonyl (C=O) groups is 1. The molecule has 1 saturated heterocycles. The van der Waals surface area contributed by atoms with Gasteiger partial charge in [-0.15, -0.1) is 0 Å². The van der Waals surface area contributed by atoms with E-state index < -0.39 is 0 Å². The average molecular weight is 373 g/mol. The van der Waals surface area contributed by atoms with Gasteiger partial charge in [0.15, 0.2) is 0 Å². The van der Waals surface area contributed by atoms with Crippen LogP contribution in [0.1, 0.15) is 37.0 Å². The van der Waals surface area contributed by atoms with Crippen molar-refractivity contribution in [3.05, 3.63) is 33.8 Å². The normalized spacial score (nSPS) is 17.0. The van der Waals surface area contributed by atoms with Crippen LogP contribution in [-0.2, 0) is 4.74 Å². The molecule has 0 spiro atoms. The van der Waals surface area contributed by atoms with Crippen molar-refractivity contribution in [1.82, 2.24) is 10.2 Å². The van der Waals surface area contributed by atoms with E-state index in [1.165, 1.54) is 0 Å². The molecule has 1 aromatic carbocycles. The number of nitrogens with zero attached hydrogens (tertiary/aromatic N) is 1. The zero-order valence-electron chi connectivity index (χ0n) is 14.4. The van der Waals surface area contributed by atoms with E-state index in [-0.39, 0.29) is 5.91 Å². The van der Waals surface area contributed by atoms with Crippen LogP contribution in [0.3, 0.4) is 0 Å². The molecule has 24 heavy (non-hydrogen) atoms. The first kappa shape index (κ1) is 19.5. The fourth-order valence-electron chi connectivity index (χ4n) is 3.31. The van der Waals surface area contributed by atoms with Crippen LogP contribution in [0.4, 0.5) is 0 Å². The molecule has 4 nitrogen and oxygen atoms in total. The number of hydrogen-bond donors (Lipinski definition) is 1. The summed E-state index contributed by atoms with van der Waals surface area (Å²) in [5, 5.41) is 3.75. The van der Waals surface area contributed by atoms with Crippen molar-refractivity contribution < 1.29 is 9.53 Å². The number of halogens is 2. The molecule has 1 N–H and O–H groups in total. The molecule has 1 aliphatic rings. The lowest BCUT2D eigenvalue weighted by Gasteiger charge is -2.38. The Kier molecular flexibility index (Phi) is 7.82. The predicted octanol–water partition coefficient (Wildman–Crippen LogP) is 3.86. The maximum absolute atomic E-state index is 12.5. The van der Waals surface area contributed by atoms with Crippen LogP contribution < -0.4 is 5.32 Å². The van der Waals surface area contributed by atoms with E-state index in [9.17, 15) is 4.79 Å². The van der Waals surface area contributed by atoms with Crippen molar-refractivity contribution >= 4 is 29.1 Å². The number of ether oxygens (including phenoxy) is 1. The highest BCUT2D eigenvalue weighted by atomic mass is 35.5. The summed E-state index contributed by atoms with van der Waals surface area (Å²) in [6.45, 7) is 8.35. The van der Waals surface area contributed by atoms with Gasteiger partial charge in [0, 0.05) is 25.7 Å². The highest BCUT2D eigenvalue weighted by Gasteiger charge is 2.27. The van der Waals surface area contributed by atoms with Crippen LogP contribution in [-0.4, -0.2) is 49.7 Å². The molecule has 0 aromatic heterocycles. The second-order valence-electron chi connectivity index (χ2n) is 6.10. The number of morpholine rings is 1. The van der Waals surface area contributed by atoms with Gasteiger partial charge in [-0.05, 0) is 18.1 Å². The van der Waals surface area contributed by atoms with Crippen molar-refractivity contribution in [2.45, 2.75) is 32.7 Å². The average Bonchev–Trinajstić information content (AvgIpc) is 2.61. The minimum Gasteiger partial charge on any atom is -0.379 e. The lowest BCUT2D eigenvalue weighted by molar-refractivity contribution is 0.00191. The topological polar surface area (TPSA) is 41.6 Å². The number of amides is 1. The van der Waals surface area contributed by atoms with E-state index in [1.54, 1.807) is 18.2 Å². The van der Waals surface area contributed by atoms with E-state index in [0.717, 1.165) is 39.1 Å². The third-order valence-corrected chi connectivity index (χ3v) is 5.59. The molecule has 0 unspecified atom stereocenters. The number of benzene rings is 1. The predicted molar refractivity (Wildman–Crippen MR) is 99.0 cm³/mol. The van der Waals surface area contributed by atoms with Crippen molar-refractivity contribution in [3.8, 4) is 0 Å². The molecule has 2 rings (SSSR count). The lowest BCUT2D eigenvalue weighted by atomic mass is 9.92. The monoisotopic (exact) mass is 372 g/mol. The van der Waals surface area contributed by atoms with Crippen LogP contribution in [0.2, 0.25) is 10.0 Å². The molecule has 1 aliphatic heterocycles. The summed E-state index contributed by atoms with van der Waals surface area (Å²) in [6, 6.07) is 5.43. The second kappa shape index (κ2) is 9.62. The Balaban J connectivity index is 2.06. The number of carbonyl (C=O) groups excluding carboxylic acids is 1. The van der Waals surface area contributed by atoms with E-state index in [1.807, 2.05) is 0 Å². The van der Waals surface area contributed by atoms with Gasteiger partial charge in [0.2, 0.25) is 0 Å². The third-order valence-electron chi connectivity index (χ3n) is 4.78. The molecule has 0 radical (unpaired) electrons. The standard InChI is InChI=1S/C18H26Cl2N2O2/c1-3-13(4-2)16(22-8-10-24-11-9-22)12-21-18(23)14-6-5-7-15(19)17(14)20/h5-7,13,16H,3-4,8-12H2,1-2H3,(H,21,23)/t16-/m0/s1. The van der Waals surface area contributed by atoms with Crippen LogP contribution in [0.5, 0.6) is 0 Å². The minimum atomic E-state index is -0.174. The Bertz CT molecular complexity index is 544. The number of rotatable bonds is 7. The molecule has 1 atom stereocenters. The molecule has 1 amide bonds. The number of nitrogens with one attached hydrogen (secondary N) is 1. The molecule has 1 aromatic rings. The van der Waals surface area contributed by atoms with Crippen molar-refractivity contribution in [2.24, 2.45) is 5.92 Å². The molecule has 0 aliphatic carbocycles. The van der Waals surface area contributed by atoms with Gasteiger partial charge in [-0.1, -0.05) is 56.0 Å². The molecule has 1 fully saturated rings. The van der Waals surface area contributed by atoms with Gasteiger partial charge in [0.1, 0.15) is 0 Å². The summed E-state index contributed by atoms with van der Waals surface area (Å²) in [5.41, 5.74) is 0.425. The first-order valence-corrected chi connectivity index (χ1v) is 9.38. The Hall–Kier alpha value is -0.810. The van der Waals surface area contributed by atoms with Gasteiger partial charge in [-0.25, -0.2) is 0 Å². The van der Waals surface area contributed by atoms with Crippen molar-refractivity contribution in [2.75, 3.05) is 32.8 Å². The third kappa shape index (κ3) is 4.85. The highest BCUT2D eigenvalue weighted by Crippen LogP contribution is 2.25. The van der Waals surface area contributed by atoms with Crippen molar-refractivity contribution in [1.29, 1.82) is 0 Å². The zero-order valence-corrected chi connectivity index (χ0v) is 15.9. The Morgan fingerprint density at radius 3 is 2.54 bits per heavy atom. The highest BCUT2D eigenvalue weighted by molar-refractivity contribution is 6.43. The fraction of sp³-hybridized carbons (Fsp3) is 0.611. The first-order chi connectivity index (χ1) is 11.6. The molecule has 1 heterocycles. The molecule has 6 heteroatoms. The Labute approximate surface area is 154 Å². The van der Waals surface area contributed by atoms with E-state index in [2.05, 4.69) is 24.1 Å². The van der Waals surface area contributed by atoms with Crippen LogP contribution in [0, 0.1) is 5.92 Å². The SMILES string of the molecule is CCC(CC)[C@H](CNC(=O)c1cccc(Cl)c1Cl)N1CCOCC1. The van der Waals surface area contributed by atoms with Crippen LogP contribution in [0.25, 0.3) is 0 Å². The second-order valence-corrected chi connectivity index (χ2v) is 6.89. The molecular weight excluding hydrogens is 347 g/mol. The van der Waals surface area contributed by atoms with Gasteiger partial charge < -0.3 is 10.1 Å². The van der Waals surface area contributed by atoms with Crippen LogP contribution >= 0.6 is 23.2 Å². The summed E-state index contributed by atoms with van der Waals surface area (Å²) in [5.74, 6) is 0.366. The van der Waals surface area contributed by atoms with Crippen molar-refractivity contribution in [3.63, 3.8) is 0 Å². The van der Waals surface area contributed by atoms with Gasteiger partial charge >= 0.3 is 0 Å². The summed E-state index contributed by atoms with van der Waals surface area (Å²) < 4.78 is 5.46. The Morgan fingerprint density at radius 2 is 1.92 bits per heavy atom. The lowest BCUT2D eigenvalue weighted by Crippen LogP contribution is -2.52. The first-order valence-electron chi connectivity index (χ1n) is 8.62. The zero-order chi connectivity index (χ0) is 17.5. The van der Waals surface area contributed by atoms with E-state index >= 15 is 0 Å². The van der Waals surface area contributed by atoms with Gasteiger partial charge in [0.25, 0.3) is 5.91 Å². The van der Waals surface area contributed by atoms with E-state index in [4.69, 9.17) is 27.9 Å². The maximum Gasteiger partial charge on any atom is 0.252 e. The quantitative estimate of drug-likeness (QED) is 0.789. The molecule has 0 saturated carbocycles.